The summed E-state index contributed by atoms with van der Waals surface area (Å²) in [6.07, 6.45) is 0.667. The minimum absolute atomic E-state index is 0.0127. The minimum atomic E-state index is -1.16. The average Bonchev–Trinajstić information content (AvgIpc) is 2.69. The van der Waals surface area contributed by atoms with Crippen molar-refractivity contribution in [2.75, 3.05) is 0 Å². The zero-order valence-electron chi connectivity index (χ0n) is 20.2. The van der Waals surface area contributed by atoms with Crippen molar-refractivity contribution in [2.24, 2.45) is 5.41 Å². The van der Waals surface area contributed by atoms with Gasteiger partial charge in [-0.1, -0.05) is 57.2 Å². The molecule has 0 N–H and O–H groups in total. The van der Waals surface area contributed by atoms with Crippen molar-refractivity contribution in [1.29, 1.82) is 0 Å². The number of carbonyl (C=O) groups excluding carboxylic acids is 1. The Morgan fingerprint density at radius 1 is 0.871 bits per heavy atom. The maximum atomic E-state index is 12.7. The van der Waals surface area contributed by atoms with Crippen LogP contribution in [0.1, 0.15) is 56.4 Å². The predicted molar refractivity (Wildman–Crippen MR) is 133 cm³/mol. The van der Waals surface area contributed by atoms with E-state index in [1.54, 1.807) is 6.92 Å². The van der Waals surface area contributed by atoms with E-state index in [-0.39, 0.29) is 5.41 Å². The van der Waals surface area contributed by atoms with Gasteiger partial charge >= 0.3 is 5.97 Å². The lowest BCUT2D eigenvalue weighted by atomic mass is 9.90. The molecule has 0 saturated carbocycles. The van der Waals surface area contributed by atoms with Gasteiger partial charge in [-0.2, -0.15) is 0 Å². The molecule has 2 rings (SSSR count). The molecule has 2 aromatic carbocycles. The van der Waals surface area contributed by atoms with Crippen molar-refractivity contribution in [2.45, 2.75) is 61.8 Å². The molecule has 2 aromatic rings. The van der Waals surface area contributed by atoms with E-state index in [0.29, 0.717) is 17.8 Å². The summed E-state index contributed by atoms with van der Waals surface area (Å²) in [6.45, 7) is 16.6. The fraction of sp³-hybridized carbons (Fsp3) is 0.400. The quantitative estimate of drug-likeness (QED) is 0.201. The van der Waals surface area contributed by atoms with Crippen LogP contribution in [0.4, 0.5) is 0 Å². The van der Waals surface area contributed by atoms with Crippen LogP contribution in [0.2, 0.25) is 0 Å². The first-order chi connectivity index (χ1) is 14.5. The van der Waals surface area contributed by atoms with Crippen LogP contribution in [-0.2, 0) is 18.7 Å². The summed E-state index contributed by atoms with van der Waals surface area (Å²) in [5, 5.41) is 2.40. The molecule has 0 fully saturated rings. The van der Waals surface area contributed by atoms with E-state index in [9.17, 15) is 4.79 Å². The lowest BCUT2D eigenvalue weighted by Gasteiger charge is -2.23. The Kier molecular flexibility index (Phi) is 8.85. The summed E-state index contributed by atoms with van der Waals surface area (Å²) in [7, 11) is -2.18. The van der Waals surface area contributed by atoms with E-state index in [0.717, 1.165) is 5.19 Å². The monoisotopic (exact) mass is 456 g/mol. The van der Waals surface area contributed by atoms with Crippen molar-refractivity contribution in [3.63, 3.8) is 0 Å². The Balaban J connectivity index is 2.10. The maximum absolute atomic E-state index is 12.7. The Morgan fingerprint density at radius 3 is 1.90 bits per heavy atom. The average molecular weight is 457 g/mol. The smallest absolute Gasteiger partial charge is 0.370 e. The van der Waals surface area contributed by atoms with E-state index in [1.165, 1.54) is 27.4 Å². The molecule has 4 nitrogen and oxygen atoms in total. The van der Waals surface area contributed by atoms with Gasteiger partial charge < -0.3 is 9.31 Å². The molecule has 0 heterocycles. The van der Waals surface area contributed by atoms with Crippen LogP contribution in [0.3, 0.4) is 0 Å². The van der Waals surface area contributed by atoms with Crippen LogP contribution in [0.15, 0.2) is 47.7 Å². The van der Waals surface area contributed by atoms with Crippen LogP contribution >= 0.6 is 0 Å². The number of hydrogen-bond acceptors (Lipinski definition) is 4. The third-order valence-electron chi connectivity index (χ3n) is 5.60. The first-order valence-electron chi connectivity index (χ1n) is 10.8. The van der Waals surface area contributed by atoms with Crippen molar-refractivity contribution in [3.8, 4) is 0 Å². The topological polar surface area (TPSA) is 44.8 Å². The maximum Gasteiger partial charge on any atom is 0.370 e. The van der Waals surface area contributed by atoms with Gasteiger partial charge in [0.1, 0.15) is 0 Å². The standard InChI is InChI=1S/C25H36O4Si2/c1-16-11-9-13-22(18(16)3)30-28-21(15-25(6,7)8)20(5)24(26)27-29-31-23-14-10-12-17(2)19(23)4/h9-14H,15,30-31H2,1-8H3. The molecule has 0 spiro atoms. The highest BCUT2D eigenvalue weighted by molar-refractivity contribution is 6.48. The SMILES string of the molecule is CC(C(=O)OO[SiH2]c1cccc(C)c1C)=C(CC(C)(C)C)O[SiH2]c1cccc(C)c1C. The molecule has 31 heavy (non-hydrogen) atoms. The molecule has 0 aromatic heterocycles. The van der Waals surface area contributed by atoms with Crippen molar-refractivity contribution < 1.29 is 18.7 Å². The molecule has 0 atom stereocenters. The second kappa shape index (κ2) is 10.9. The molecular weight excluding hydrogens is 420 g/mol. The Morgan fingerprint density at radius 2 is 1.39 bits per heavy atom. The molecule has 0 bridgehead atoms. The number of rotatable bonds is 8. The van der Waals surface area contributed by atoms with Crippen LogP contribution in [0, 0.1) is 33.1 Å². The second-order valence-electron chi connectivity index (χ2n) is 9.43. The van der Waals surface area contributed by atoms with Gasteiger partial charge in [0.05, 0.1) is 11.3 Å². The van der Waals surface area contributed by atoms with Gasteiger partial charge in [0.2, 0.25) is 0 Å². The molecule has 168 valence electrons. The number of hydrogen-bond donors (Lipinski definition) is 0. The fourth-order valence-electron chi connectivity index (χ4n) is 3.20. The zero-order valence-corrected chi connectivity index (χ0v) is 23.0. The predicted octanol–water partition coefficient (Wildman–Crippen LogP) is 3.24. The van der Waals surface area contributed by atoms with Crippen LogP contribution in [-0.4, -0.2) is 25.5 Å². The van der Waals surface area contributed by atoms with E-state index >= 15 is 0 Å². The Bertz CT molecular complexity index is 958. The molecule has 0 amide bonds. The number of allylic oxidation sites excluding steroid dienone is 1. The molecule has 0 saturated heterocycles. The van der Waals surface area contributed by atoms with E-state index in [4.69, 9.17) is 13.9 Å². The Hall–Kier alpha value is -2.16. The summed E-state index contributed by atoms with van der Waals surface area (Å²) >= 11 is 0. The highest BCUT2D eigenvalue weighted by atomic mass is 28.2. The number of aryl methyl sites for hydroxylation is 2. The summed E-state index contributed by atoms with van der Waals surface area (Å²) in [4.78, 5) is 17.9. The molecule has 0 unspecified atom stereocenters. The van der Waals surface area contributed by atoms with Gasteiger partial charge in [0.25, 0.3) is 19.5 Å². The van der Waals surface area contributed by atoms with Gasteiger partial charge in [-0.15, -0.1) is 0 Å². The molecule has 0 aliphatic heterocycles. The first kappa shape index (κ1) is 25.1. The number of benzene rings is 2. The minimum Gasteiger partial charge on any atom is -0.547 e. The summed E-state index contributed by atoms with van der Waals surface area (Å²) in [5.41, 5.74) is 5.43. The third kappa shape index (κ3) is 7.49. The number of carbonyl (C=O) groups is 1. The zero-order chi connectivity index (χ0) is 23.2. The van der Waals surface area contributed by atoms with Crippen LogP contribution < -0.4 is 10.4 Å². The lowest BCUT2D eigenvalue weighted by molar-refractivity contribution is -0.208. The lowest BCUT2D eigenvalue weighted by Crippen LogP contribution is -2.25. The van der Waals surface area contributed by atoms with E-state index in [2.05, 4.69) is 72.7 Å². The Labute approximate surface area is 191 Å². The second-order valence-corrected chi connectivity index (χ2v) is 12.1. The van der Waals surface area contributed by atoms with Gasteiger partial charge in [-0.3, -0.25) is 0 Å². The largest absolute Gasteiger partial charge is 0.547 e. The highest BCUT2D eigenvalue weighted by Gasteiger charge is 2.21. The molecular formula is C25H36O4Si2. The molecule has 0 aliphatic rings. The fourth-order valence-corrected chi connectivity index (χ4v) is 5.59. The highest BCUT2D eigenvalue weighted by Crippen LogP contribution is 2.27. The van der Waals surface area contributed by atoms with E-state index < -0.39 is 25.5 Å². The van der Waals surface area contributed by atoms with Gasteiger partial charge in [0.15, 0.2) is 0 Å². The van der Waals surface area contributed by atoms with Gasteiger partial charge in [0, 0.05) is 6.42 Å². The first-order valence-corrected chi connectivity index (χ1v) is 13.3. The van der Waals surface area contributed by atoms with Gasteiger partial charge in [-0.25, -0.2) is 9.37 Å². The van der Waals surface area contributed by atoms with Crippen LogP contribution in [0.5, 0.6) is 0 Å². The van der Waals surface area contributed by atoms with E-state index in [1.807, 2.05) is 12.1 Å². The summed E-state index contributed by atoms with van der Waals surface area (Å²) in [5.74, 6) is 0.245. The van der Waals surface area contributed by atoms with Crippen molar-refractivity contribution >= 4 is 35.9 Å². The van der Waals surface area contributed by atoms with Gasteiger partial charge in [-0.05, 0) is 72.7 Å². The van der Waals surface area contributed by atoms with Crippen molar-refractivity contribution in [1.82, 2.24) is 0 Å². The molecule has 6 heteroatoms. The van der Waals surface area contributed by atoms with Crippen LogP contribution in [0.25, 0.3) is 0 Å². The van der Waals surface area contributed by atoms with Crippen molar-refractivity contribution in [3.05, 3.63) is 70.0 Å². The third-order valence-corrected chi connectivity index (χ3v) is 8.48. The summed E-state index contributed by atoms with van der Waals surface area (Å²) in [6, 6.07) is 12.4. The molecule has 0 radical (unpaired) electrons. The normalized spacial score (nSPS) is 13.2. The summed E-state index contributed by atoms with van der Waals surface area (Å²) < 4.78 is 11.7. The molecule has 0 aliphatic carbocycles.